The highest BCUT2D eigenvalue weighted by Gasteiger charge is 2.58. The maximum atomic E-state index is 13.7. The van der Waals surface area contributed by atoms with Crippen LogP contribution in [-0.2, 0) is 19.1 Å². The summed E-state index contributed by atoms with van der Waals surface area (Å²) in [5, 5.41) is 15.8. The van der Waals surface area contributed by atoms with Gasteiger partial charge < -0.3 is 25.4 Å². The fraction of sp³-hybridized carbons (Fsp3) is 0.792. The molecule has 6 atom stereocenters. The summed E-state index contributed by atoms with van der Waals surface area (Å²) in [4.78, 5) is 43.8. The standard InChI is InChI=1S/C24H40N4O5/c1-4-6-16-7-8-18-20(19(16)22(30)25-3)24(32)28(17(5-2)15-29)21(18)23(31)26-9-10-27-11-13-33-14-12-27/h7-8,16-21,29H,4-6,9-15H2,1-3H3,(H,25,30)(H,26,31)/t16-,17+,18+,19-,20-,21+/m1/s1. The quantitative estimate of drug-likeness (QED) is 0.393. The van der Waals surface area contributed by atoms with Crippen molar-refractivity contribution in [1.82, 2.24) is 20.4 Å². The van der Waals surface area contributed by atoms with Crippen LogP contribution in [0.1, 0.15) is 33.1 Å². The van der Waals surface area contributed by atoms with E-state index >= 15 is 0 Å². The first-order valence-corrected chi connectivity index (χ1v) is 12.4. The summed E-state index contributed by atoms with van der Waals surface area (Å²) in [6.45, 7) is 8.01. The summed E-state index contributed by atoms with van der Waals surface area (Å²) in [7, 11) is 1.59. The normalized spacial score (nSPS) is 30.7. The van der Waals surface area contributed by atoms with Gasteiger partial charge in [0.1, 0.15) is 6.04 Å². The number of morpholine rings is 1. The van der Waals surface area contributed by atoms with E-state index in [1.807, 2.05) is 19.1 Å². The number of carbonyl (C=O) groups excluding carboxylic acids is 3. The van der Waals surface area contributed by atoms with Gasteiger partial charge in [-0.2, -0.15) is 0 Å². The number of fused-ring (bicyclic) bond motifs is 1. The van der Waals surface area contributed by atoms with Crippen LogP contribution in [-0.4, -0.2) is 97.8 Å². The average Bonchev–Trinajstić information content (AvgIpc) is 3.12. The second kappa shape index (κ2) is 11.9. The molecule has 186 valence electrons. The Kier molecular flexibility index (Phi) is 9.28. The molecular weight excluding hydrogens is 424 g/mol. The largest absolute Gasteiger partial charge is 0.394 e. The van der Waals surface area contributed by atoms with Crippen LogP contribution in [0.4, 0.5) is 0 Å². The van der Waals surface area contributed by atoms with Gasteiger partial charge in [-0.3, -0.25) is 19.3 Å². The van der Waals surface area contributed by atoms with E-state index in [1.165, 1.54) is 0 Å². The highest BCUT2D eigenvalue weighted by Crippen LogP contribution is 2.46. The Morgan fingerprint density at radius 3 is 2.55 bits per heavy atom. The molecule has 2 saturated heterocycles. The Hall–Kier alpha value is -1.97. The third-order valence-corrected chi connectivity index (χ3v) is 7.39. The summed E-state index contributed by atoms with van der Waals surface area (Å²) in [5.41, 5.74) is 0. The van der Waals surface area contributed by atoms with Crippen molar-refractivity contribution in [3.05, 3.63) is 12.2 Å². The van der Waals surface area contributed by atoms with Crippen molar-refractivity contribution in [2.45, 2.75) is 45.2 Å². The average molecular weight is 465 g/mol. The van der Waals surface area contributed by atoms with E-state index in [1.54, 1.807) is 11.9 Å². The molecule has 0 radical (unpaired) electrons. The zero-order valence-electron chi connectivity index (χ0n) is 20.2. The molecule has 2 aliphatic heterocycles. The maximum Gasteiger partial charge on any atom is 0.243 e. The van der Waals surface area contributed by atoms with Crippen LogP contribution >= 0.6 is 0 Å². The highest BCUT2D eigenvalue weighted by atomic mass is 16.5. The summed E-state index contributed by atoms with van der Waals surface area (Å²) in [6.07, 6.45) is 6.23. The van der Waals surface area contributed by atoms with Crippen LogP contribution in [0.5, 0.6) is 0 Å². The molecule has 0 aromatic rings. The van der Waals surface area contributed by atoms with Gasteiger partial charge in [0, 0.05) is 39.1 Å². The van der Waals surface area contributed by atoms with Gasteiger partial charge >= 0.3 is 0 Å². The summed E-state index contributed by atoms with van der Waals surface area (Å²) in [6, 6.07) is -1.18. The molecule has 0 saturated carbocycles. The van der Waals surface area contributed by atoms with Gasteiger partial charge in [-0.15, -0.1) is 0 Å². The van der Waals surface area contributed by atoms with Crippen LogP contribution < -0.4 is 10.6 Å². The zero-order chi connectivity index (χ0) is 24.0. The number of nitrogens with one attached hydrogen (secondary N) is 2. The van der Waals surface area contributed by atoms with E-state index in [4.69, 9.17) is 4.74 Å². The molecule has 3 aliphatic rings. The number of carbonyl (C=O) groups is 3. The lowest BCUT2D eigenvalue weighted by atomic mass is 9.68. The maximum absolute atomic E-state index is 13.7. The molecule has 0 spiro atoms. The Labute approximate surface area is 196 Å². The topological polar surface area (TPSA) is 111 Å². The van der Waals surface area contributed by atoms with Crippen LogP contribution in [0.3, 0.4) is 0 Å². The number of hydrogen-bond acceptors (Lipinski definition) is 6. The summed E-state index contributed by atoms with van der Waals surface area (Å²) >= 11 is 0. The van der Waals surface area contributed by atoms with E-state index in [2.05, 4.69) is 22.5 Å². The van der Waals surface area contributed by atoms with E-state index < -0.39 is 29.8 Å². The summed E-state index contributed by atoms with van der Waals surface area (Å²) in [5.74, 6) is -2.12. The van der Waals surface area contributed by atoms with Crippen LogP contribution in [0.15, 0.2) is 12.2 Å². The van der Waals surface area contributed by atoms with E-state index in [-0.39, 0.29) is 30.2 Å². The van der Waals surface area contributed by atoms with E-state index in [0.717, 1.165) is 32.5 Å². The smallest absolute Gasteiger partial charge is 0.243 e. The van der Waals surface area contributed by atoms with Gasteiger partial charge in [0.25, 0.3) is 0 Å². The van der Waals surface area contributed by atoms with Crippen molar-refractivity contribution in [2.24, 2.45) is 23.7 Å². The molecule has 0 unspecified atom stereocenters. The Morgan fingerprint density at radius 1 is 1.21 bits per heavy atom. The Balaban J connectivity index is 1.84. The minimum atomic E-state index is -0.727. The lowest BCUT2D eigenvalue weighted by Gasteiger charge is -2.34. The molecular formula is C24H40N4O5. The second-order valence-electron chi connectivity index (χ2n) is 9.26. The minimum absolute atomic E-state index is 0.0423. The second-order valence-corrected chi connectivity index (χ2v) is 9.26. The number of aliphatic hydroxyl groups excluding tert-OH is 1. The summed E-state index contributed by atoms with van der Waals surface area (Å²) < 4.78 is 5.37. The Bertz CT molecular complexity index is 720. The van der Waals surface area contributed by atoms with Crippen LogP contribution in [0.2, 0.25) is 0 Å². The van der Waals surface area contributed by atoms with Gasteiger partial charge in [0.05, 0.1) is 37.7 Å². The van der Waals surface area contributed by atoms with Crippen molar-refractivity contribution in [2.75, 3.05) is 53.0 Å². The highest BCUT2D eigenvalue weighted by molar-refractivity contribution is 5.97. The number of rotatable bonds is 10. The van der Waals surface area contributed by atoms with Crippen molar-refractivity contribution < 1.29 is 24.2 Å². The van der Waals surface area contributed by atoms with Crippen molar-refractivity contribution in [1.29, 1.82) is 0 Å². The predicted octanol–water partition coefficient (Wildman–Crippen LogP) is -0.00280. The SMILES string of the molecule is CCC[C@@H]1C=C[C@H]2[C@@H](C(=O)N([C@@H](CC)CO)[C@@H]2C(=O)NCCN2CCOCC2)[C@@H]1C(=O)NC. The first-order chi connectivity index (χ1) is 16.0. The molecule has 33 heavy (non-hydrogen) atoms. The van der Waals surface area contributed by atoms with Crippen LogP contribution in [0, 0.1) is 23.7 Å². The fourth-order valence-corrected chi connectivity index (χ4v) is 5.65. The van der Waals surface area contributed by atoms with Gasteiger partial charge in [0.15, 0.2) is 0 Å². The molecule has 9 heteroatoms. The lowest BCUT2D eigenvalue weighted by molar-refractivity contribution is -0.143. The lowest BCUT2D eigenvalue weighted by Crippen LogP contribution is -2.53. The Morgan fingerprint density at radius 2 is 1.94 bits per heavy atom. The molecule has 9 nitrogen and oxygen atoms in total. The molecule has 3 amide bonds. The van der Waals surface area contributed by atoms with E-state index in [0.29, 0.717) is 26.2 Å². The first-order valence-electron chi connectivity index (χ1n) is 12.4. The monoisotopic (exact) mass is 464 g/mol. The van der Waals surface area contributed by atoms with Crippen LogP contribution in [0.25, 0.3) is 0 Å². The third kappa shape index (κ3) is 5.41. The van der Waals surface area contributed by atoms with Gasteiger partial charge in [-0.25, -0.2) is 0 Å². The van der Waals surface area contributed by atoms with Gasteiger partial charge in [-0.1, -0.05) is 32.4 Å². The number of nitrogens with zero attached hydrogens (tertiary/aromatic N) is 2. The van der Waals surface area contributed by atoms with Gasteiger partial charge in [-0.05, 0) is 18.8 Å². The minimum Gasteiger partial charge on any atom is -0.394 e. The molecule has 0 aromatic carbocycles. The molecule has 3 rings (SSSR count). The molecule has 0 bridgehead atoms. The van der Waals surface area contributed by atoms with Crippen molar-refractivity contribution >= 4 is 17.7 Å². The number of amides is 3. The number of hydrogen-bond donors (Lipinski definition) is 3. The first kappa shape index (κ1) is 25.6. The molecule has 1 aliphatic carbocycles. The number of allylic oxidation sites excluding steroid dienone is 1. The van der Waals surface area contributed by atoms with Crippen molar-refractivity contribution in [3.63, 3.8) is 0 Å². The van der Waals surface area contributed by atoms with Crippen molar-refractivity contribution in [3.8, 4) is 0 Å². The molecule has 2 fully saturated rings. The molecule has 2 heterocycles. The van der Waals surface area contributed by atoms with E-state index in [9.17, 15) is 19.5 Å². The number of ether oxygens (including phenoxy) is 1. The number of likely N-dealkylation sites (tertiary alicyclic amines) is 1. The molecule has 0 aromatic heterocycles. The fourth-order valence-electron chi connectivity index (χ4n) is 5.65. The predicted molar refractivity (Wildman–Crippen MR) is 124 cm³/mol. The molecule has 3 N–H and O–H groups in total. The third-order valence-electron chi connectivity index (χ3n) is 7.39. The van der Waals surface area contributed by atoms with Gasteiger partial charge in [0.2, 0.25) is 17.7 Å². The number of aliphatic hydroxyl groups is 1. The zero-order valence-corrected chi connectivity index (χ0v) is 20.2.